The van der Waals surface area contributed by atoms with Crippen molar-refractivity contribution in [1.29, 1.82) is 0 Å². The summed E-state index contributed by atoms with van der Waals surface area (Å²) in [6.45, 7) is 2.31. The monoisotopic (exact) mass is 477 g/mol. The van der Waals surface area contributed by atoms with Crippen LogP contribution in [0.1, 0.15) is 59.8 Å². The highest BCUT2D eigenvalue weighted by atomic mass is 19.4. The lowest BCUT2D eigenvalue weighted by molar-refractivity contribution is -0.141. The van der Waals surface area contributed by atoms with E-state index >= 15 is 0 Å². The van der Waals surface area contributed by atoms with Gasteiger partial charge in [0.1, 0.15) is 11.4 Å². The number of hydrogen-bond donors (Lipinski definition) is 3. The fourth-order valence-corrected chi connectivity index (χ4v) is 2.96. The molecule has 1 unspecified atom stereocenters. The topological polar surface area (TPSA) is 96.6 Å². The lowest BCUT2D eigenvalue weighted by Crippen LogP contribution is -2.29. The van der Waals surface area contributed by atoms with Crippen LogP contribution < -0.4 is 10.1 Å². The highest BCUT2D eigenvalue weighted by molar-refractivity contribution is 5.98. The van der Waals surface area contributed by atoms with Gasteiger partial charge in [0.2, 0.25) is 5.88 Å². The number of aryl methyl sites for hydroxylation is 1. The van der Waals surface area contributed by atoms with Crippen LogP contribution in [0, 0.1) is 0 Å². The van der Waals surface area contributed by atoms with Crippen LogP contribution in [0.4, 0.5) is 22.0 Å². The number of aliphatic hydroxyl groups is 2. The molecule has 1 aromatic heterocycles. The second kappa shape index (κ2) is 10.8. The summed E-state index contributed by atoms with van der Waals surface area (Å²) in [5.74, 6) is -2.72. The molecule has 0 spiro atoms. The summed E-state index contributed by atoms with van der Waals surface area (Å²) in [7, 11) is 1.13. The Morgan fingerprint density at radius 2 is 1.82 bits per heavy atom. The van der Waals surface area contributed by atoms with Gasteiger partial charge in [-0.05, 0) is 19.4 Å². The zero-order valence-corrected chi connectivity index (χ0v) is 18.0. The first-order chi connectivity index (χ1) is 15.4. The number of halogens is 5. The van der Waals surface area contributed by atoms with E-state index in [0.29, 0.717) is 10.2 Å². The second-order valence-corrected chi connectivity index (χ2v) is 7.16. The Balaban J connectivity index is 2.27. The number of rotatable bonds is 9. The number of carbonyl (C=O) groups is 1. The van der Waals surface area contributed by atoms with Gasteiger partial charge in [-0.25, -0.2) is 13.5 Å². The Hall–Kier alpha value is -2.99. The standard InChI is InChI=1S/C21H24F5N3O4/c1-4-14(22)15(23)9-10-33-19-16(17(21(24,25)26)28-29(19)3)18(30)27-11(2)12-5-7-13(8-6-12)20(31)32/h4-8,11,15,20,31-32H,9-10H2,1-3H3,(H,27,30)/b14-4+/t11-,15?/m0/s1. The highest BCUT2D eigenvalue weighted by Gasteiger charge is 2.42. The molecule has 0 bridgehead atoms. The van der Waals surface area contributed by atoms with Crippen molar-refractivity contribution in [3.63, 3.8) is 0 Å². The summed E-state index contributed by atoms with van der Waals surface area (Å²) in [5, 5.41) is 24.0. The molecule has 33 heavy (non-hydrogen) atoms. The van der Waals surface area contributed by atoms with Crippen molar-refractivity contribution in [2.75, 3.05) is 6.61 Å². The fraction of sp³-hybridized carbons (Fsp3) is 0.429. The number of allylic oxidation sites excluding steroid dienone is 2. The molecule has 0 aliphatic rings. The molecule has 1 amide bonds. The molecule has 182 valence electrons. The summed E-state index contributed by atoms with van der Waals surface area (Å²) in [6.07, 6.45) is -8.23. The first kappa shape index (κ1) is 26.3. The third-order valence-corrected chi connectivity index (χ3v) is 4.76. The molecule has 1 aromatic carbocycles. The lowest BCUT2D eigenvalue weighted by Gasteiger charge is -2.17. The molecular formula is C21H24F5N3O4. The molecule has 2 atom stereocenters. The Bertz CT molecular complexity index is 987. The summed E-state index contributed by atoms with van der Waals surface area (Å²) >= 11 is 0. The minimum absolute atomic E-state index is 0.195. The number of benzene rings is 1. The first-order valence-electron chi connectivity index (χ1n) is 9.86. The zero-order valence-electron chi connectivity index (χ0n) is 18.0. The Kier molecular flexibility index (Phi) is 8.56. The van der Waals surface area contributed by atoms with E-state index in [1.807, 2.05) is 0 Å². The van der Waals surface area contributed by atoms with Crippen molar-refractivity contribution in [2.24, 2.45) is 7.05 Å². The van der Waals surface area contributed by atoms with Crippen molar-refractivity contribution in [3.8, 4) is 5.88 Å². The fourth-order valence-electron chi connectivity index (χ4n) is 2.96. The van der Waals surface area contributed by atoms with Crippen LogP contribution in [0.2, 0.25) is 0 Å². The predicted molar refractivity (Wildman–Crippen MR) is 108 cm³/mol. The van der Waals surface area contributed by atoms with E-state index in [-0.39, 0.29) is 5.56 Å². The number of nitrogens with zero attached hydrogens (tertiary/aromatic N) is 2. The maximum Gasteiger partial charge on any atom is 0.436 e. The van der Waals surface area contributed by atoms with Crippen LogP contribution in [0.15, 0.2) is 36.2 Å². The van der Waals surface area contributed by atoms with Gasteiger partial charge in [-0.2, -0.15) is 18.3 Å². The summed E-state index contributed by atoms with van der Waals surface area (Å²) in [5.41, 5.74) is -1.70. The van der Waals surface area contributed by atoms with Crippen LogP contribution in [0.5, 0.6) is 5.88 Å². The van der Waals surface area contributed by atoms with Gasteiger partial charge in [0.15, 0.2) is 18.2 Å². The third-order valence-electron chi connectivity index (χ3n) is 4.76. The van der Waals surface area contributed by atoms with Gasteiger partial charge >= 0.3 is 6.18 Å². The van der Waals surface area contributed by atoms with Crippen LogP contribution in [-0.4, -0.2) is 38.7 Å². The molecule has 0 saturated carbocycles. The minimum Gasteiger partial charge on any atom is -0.477 e. The van der Waals surface area contributed by atoms with E-state index in [9.17, 15) is 26.7 Å². The van der Waals surface area contributed by atoms with Gasteiger partial charge in [-0.1, -0.05) is 30.3 Å². The summed E-state index contributed by atoms with van der Waals surface area (Å²) in [4.78, 5) is 12.8. The molecule has 2 aromatic rings. The number of aliphatic hydroxyl groups excluding tert-OH is 1. The van der Waals surface area contributed by atoms with Crippen molar-refractivity contribution in [2.45, 2.75) is 44.9 Å². The average Bonchev–Trinajstić information content (AvgIpc) is 3.09. The number of aromatic nitrogens is 2. The smallest absolute Gasteiger partial charge is 0.436 e. The molecule has 0 aliphatic heterocycles. The zero-order chi connectivity index (χ0) is 24.9. The quantitative estimate of drug-likeness (QED) is 0.376. The Morgan fingerprint density at radius 3 is 2.33 bits per heavy atom. The minimum atomic E-state index is -4.98. The van der Waals surface area contributed by atoms with Gasteiger partial charge in [-0.3, -0.25) is 4.79 Å². The largest absolute Gasteiger partial charge is 0.477 e. The number of alkyl halides is 4. The molecule has 0 radical (unpaired) electrons. The number of carbonyl (C=O) groups excluding carboxylic acids is 1. The second-order valence-electron chi connectivity index (χ2n) is 7.16. The maximum atomic E-state index is 13.7. The van der Waals surface area contributed by atoms with Crippen LogP contribution in [-0.2, 0) is 13.2 Å². The van der Waals surface area contributed by atoms with Crippen LogP contribution in [0.3, 0.4) is 0 Å². The van der Waals surface area contributed by atoms with E-state index in [4.69, 9.17) is 14.9 Å². The normalized spacial score (nSPS) is 14.3. The molecule has 7 nitrogen and oxygen atoms in total. The summed E-state index contributed by atoms with van der Waals surface area (Å²) < 4.78 is 73.3. The van der Waals surface area contributed by atoms with Crippen molar-refractivity contribution in [3.05, 3.63) is 58.6 Å². The van der Waals surface area contributed by atoms with E-state index in [1.54, 1.807) is 0 Å². The maximum absolute atomic E-state index is 13.7. The van der Waals surface area contributed by atoms with Gasteiger partial charge in [0, 0.05) is 19.0 Å². The number of nitrogens with one attached hydrogen (secondary N) is 1. The SMILES string of the molecule is C/C=C(/F)C(F)CCOc1c(C(=O)N[C@@H](C)c2ccc(C(O)O)cc2)c(C(F)(F)F)nn1C. The third kappa shape index (κ3) is 6.51. The van der Waals surface area contributed by atoms with Gasteiger partial charge in [-0.15, -0.1) is 0 Å². The van der Waals surface area contributed by atoms with E-state index in [2.05, 4.69) is 10.4 Å². The van der Waals surface area contributed by atoms with Crippen molar-refractivity contribution in [1.82, 2.24) is 15.1 Å². The number of hydrogen-bond acceptors (Lipinski definition) is 5. The van der Waals surface area contributed by atoms with E-state index in [1.165, 1.54) is 38.1 Å². The predicted octanol–water partition coefficient (Wildman–Crippen LogP) is 3.89. The molecule has 12 heteroatoms. The molecule has 0 fully saturated rings. The van der Waals surface area contributed by atoms with Gasteiger partial charge < -0.3 is 20.3 Å². The van der Waals surface area contributed by atoms with E-state index < -0.39 is 66.6 Å². The molecule has 0 saturated heterocycles. The van der Waals surface area contributed by atoms with Crippen LogP contribution in [0.25, 0.3) is 0 Å². The Labute approximate surface area is 186 Å². The number of amides is 1. The van der Waals surface area contributed by atoms with E-state index in [0.717, 1.165) is 13.1 Å². The number of ether oxygens (including phenoxy) is 1. The molecule has 3 N–H and O–H groups in total. The first-order valence-corrected chi connectivity index (χ1v) is 9.86. The lowest BCUT2D eigenvalue weighted by atomic mass is 10.1. The average molecular weight is 477 g/mol. The van der Waals surface area contributed by atoms with Crippen molar-refractivity contribution < 1.29 is 41.7 Å². The summed E-state index contributed by atoms with van der Waals surface area (Å²) in [6, 6.07) is 4.96. The van der Waals surface area contributed by atoms with Gasteiger partial charge in [0.05, 0.1) is 12.6 Å². The Morgan fingerprint density at radius 1 is 1.24 bits per heavy atom. The molecule has 2 rings (SSSR count). The molecule has 1 heterocycles. The molecule has 0 aliphatic carbocycles. The van der Waals surface area contributed by atoms with Gasteiger partial charge in [0.25, 0.3) is 5.91 Å². The van der Waals surface area contributed by atoms with Crippen molar-refractivity contribution >= 4 is 5.91 Å². The van der Waals surface area contributed by atoms with Crippen LogP contribution >= 0.6 is 0 Å². The molecular weight excluding hydrogens is 453 g/mol. The highest BCUT2D eigenvalue weighted by Crippen LogP contribution is 2.36.